The predicted octanol–water partition coefficient (Wildman–Crippen LogP) is 4.13. The molecule has 20 heavy (non-hydrogen) atoms. The average molecular weight is 342 g/mol. The largest absolute Gasteiger partial charge is 0.493 e. The lowest BCUT2D eigenvalue weighted by atomic mass is 10.1. The molecule has 0 amide bonds. The van der Waals surface area contributed by atoms with Gasteiger partial charge in [-0.25, -0.2) is 0 Å². The van der Waals surface area contributed by atoms with Gasteiger partial charge >= 0.3 is 0 Å². The van der Waals surface area contributed by atoms with Crippen LogP contribution in [0.2, 0.25) is 0 Å². The lowest BCUT2D eigenvalue weighted by molar-refractivity contribution is 0.292. The van der Waals surface area contributed by atoms with E-state index in [1.54, 1.807) is 7.11 Å². The molecule has 1 aliphatic rings. The van der Waals surface area contributed by atoms with Gasteiger partial charge in [0, 0.05) is 12.6 Å². The molecule has 1 saturated carbocycles. The van der Waals surface area contributed by atoms with E-state index in [-0.39, 0.29) is 0 Å². The molecular weight excluding hydrogens is 318 g/mol. The number of rotatable bonds is 7. The standard InChI is InChI=1S/C16H24BrNO2/c1-5-6-20-15-12(17)7-11(8-13(15)19-4)10-18-14-9-16(14,2)3/h7-8,14,18H,5-6,9-10H2,1-4H3. The van der Waals surface area contributed by atoms with Crippen LogP contribution >= 0.6 is 15.9 Å². The molecule has 1 fully saturated rings. The third kappa shape index (κ3) is 3.67. The monoisotopic (exact) mass is 341 g/mol. The third-order valence-electron chi connectivity index (χ3n) is 3.81. The molecule has 1 aromatic carbocycles. The average Bonchev–Trinajstić information content (AvgIpc) is 3.02. The van der Waals surface area contributed by atoms with Crippen LogP contribution in [-0.2, 0) is 6.54 Å². The van der Waals surface area contributed by atoms with Crippen LogP contribution in [0.25, 0.3) is 0 Å². The summed E-state index contributed by atoms with van der Waals surface area (Å²) in [6, 6.07) is 4.79. The van der Waals surface area contributed by atoms with Crippen molar-refractivity contribution in [2.24, 2.45) is 5.41 Å². The zero-order valence-electron chi connectivity index (χ0n) is 12.8. The molecule has 2 rings (SSSR count). The Morgan fingerprint density at radius 3 is 2.65 bits per heavy atom. The number of benzene rings is 1. The fourth-order valence-electron chi connectivity index (χ4n) is 2.28. The Hall–Kier alpha value is -0.740. The van der Waals surface area contributed by atoms with Crippen molar-refractivity contribution in [2.45, 2.75) is 46.2 Å². The number of hydrogen-bond acceptors (Lipinski definition) is 3. The molecule has 4 heteroatoms. The second-order valence-corrected chi connectivity index (χ2v) is 6.94. The SMILES string of the molecule is CCCOc1c(Br)cc(CNC2CC2(C)C)cc1OC. The smallest absolute Gasteiger partial charge is 0.175 e. The van der Waals surface area contributed by atoms with Gasteiger partial charge in [0.25, 0.3) is 0 Å². The van der Waals surface area contributed by atoms with E-state index in [9.17, 15) is 0 Å². The van der Waals surface area contributed by atoms with E-state index in [1.165, 1.54) is 12.0 Å². The van der Waals surface area contributed by atoms with E-state index in [4.69, 9.17) is 9.47 Å². The van der Waals surface area contributed by atoms with E-state index < -0.39 is 0 Å². The van der Waals surface area contributed by atoms with Crippen molar-refractivity contribution in [1.82, 2.24) is 5.32 Å². The summed E-state index contributed by atoms with van der Waals surface area (Å²) in [4.78, 5) is 0. The second-order valence-electron chi connectivity index (χ2n) is 6.08. The van der Waals surface area contributed by atoms with Crippen LogP contribution in [-0.4, -0.2) is 19.8 Å². The van der Waals surface area contributed by atoms with E-state index in [2.05, 4.69) is 54.2 Å². The van der Waals surface area contributed by atoms with Crippen molar-refractivity contribution in [2.75, 3.05) is 13.7 Å². The van der Waals surface area contributed by atoms with Crippen LogP contribution in [0.15, 0.2) is 16.6 Å². The third-order valence-corrected chi connectivity index (χ3v) is 4.39. The molecule has 3 nitrogen and oxygen atoms in total. The molecule has 0 spiro atoms. The van der Waals surface area contributed by atoms with Crippen molar-refractivity contribution in [1.29, 1.82) is 0 Å². The maximum absolute atomic E-state index is 5.74. The maximum Gasteiger partial charge on any atom is 0.175 e. The maximum atomic E-state index is 5.74. The highest BCUT2D eigenvalue weighted by Gasteiger charge is 2.44. The van der Waals surface area contributed by atoms with Gasteiger partial charge in [-0.3, -0.25) is 0 Å². The minimum absolute atomic E-state index is 0.450. The van der Waals surface area contributed by atoms with Crippen molar-refractivity contribution in [3.05, 3.63) is 22.2 Å². The normalized spacial score (nSPS) is 19.8. The first-order valence-corrected chi connectivity index (χ1v) is 8.00. The minimum atomic E-state index is 0.450. The molecular formula is C16H24BrNO2. The van der Waals surface area contributed by atoms with Crippen molar-refractivity contribution < 1.29 is 9.47 Å². The van der Waals surface area contributed by atoms with E-state index in [0.717, 1.165) is 28.9 Å². The topological polar surface area (TPSA) is 30.5 Å². The highest BCUT2D eigenvalue weighted by atomic mass is 79.9. The Kier molecular flexibility index (Phi) is 4.97. The van der Waals surface area contributed by atoms with Crippen LogP contribution in [0.1, 0.15) is 39.2 Å². The Balaban J connectivity index is 2.05. The molecule has 1 N–H and O–H groups in total. The summed E-state index contributed by atoms with van der Waals surface area (Å²) >= 11 is 3.58. The number of hydrogen-bond donors (Lipinski definition) is 1. The minimum Gasteiger partial charge on any atom is -0.493 e. The quantitative estimate of drug-likeness (QED) is 0.808. The molecule has 0 radical (unpaired) electrons. The van der Waals surface area contributed by atoms with Gasteiger partial charge in [-0.2, -0.15) is 0 Å². The zero-order valence-corrected chi connectivity index (χ0v) is 14.3. The van der Waals surface area contributed by atoms with Gasteiger partial charge < -0.3 is 14.8 Å². The molecule has 0 saturated heterocycles. The van der Waals surface area contributed by atoms with E-state index in [1.807, 2.05) is 0 Å². The molecule has 1 atom stereocenters. The van der Waals surface area contributed by atoms with Gasteiger partial charge in [0.15, 0.2) is 11.5 Å². The number of ether oxygens (including phenoxy) is 2. The Bertz CT molecular complexity index is 474. The summed E-state index contributed by atoms with van der Waals surface area (Å²) in [5.41, 5.74) is 1.66. The molecule has 0 heterocycles. The first-order valence-electron chi connectivity index (χ1n) is 7.20. The second kappa shape index (κ2) is 6.35. The van der Waals surface area contributed by atoms with E-state index in [0.29, 0.717) is 18.1 Å². The molecule has 0 aliphatic heterocycles. The van der Waals surface area contributed by atoms with Crippen molar-refractivity contribution in [3.8, 4) is 11.5 Å². The fourth-order valence-corrected chi connectivity index (χ4v) is 2.88. The molecule has 1 unspecified atom stereocenters. The first-order chi connectivity index (χ1) is 9.47. The Morgan fingerprint density at radius 1 is 1.40 bits per heavy atom. The number of methoxy groups -OCH3 is 1. The first kappa shape index (κ1) is 15.6. The Morgan fingerprint density at radius 2 is 2.10 bits per heavy atom. The van der Waals surface area contributed by atoms with Gasteiger partial charge in [-0.15, -0.1) is 0 Å². The molecule has 0 bridgehead atoms. The highest BCUT2D eigenvalue weighted by Crippen LogP contribution is 2.45. The summed E-state index contributed by atoms with van der Waals surface area (Å²) in [6.45, 7) is 8.24. The van der Waals surface area contributed by atoms with Gasteiger partial charge in [-0.05, 0) is 51.9 Å². The Labute approximate surface area is 130 Å². The summed E-state index contributed by atoms with van der Waals surface area (Å²) in [6.07, 6.45) is 2.23. The summed E-state index contributed by atoms with van der Waals surface area (Å²) in [7, 11) is 1.68. The van der Waals surface area contributed by atoms with Crippen molar-refractivity contribution in [3.63, 3.8) is 0 Å². The van der Waals surface area contributed by atoms with E-state index >= 15 is 0 Å². The van der Waals surface area contributed by atoms with Crippen molar-refractivity contribution >= 4 is 15.9 Å². The summed E-state index contributed by atoms with van der Waals surface area (Å²) in [5, 5.41) is 3.59. The molecule has 1 aliphatic carbocycles. The fraction of sp³-hybridized carbons (Fsp3) is 0.625. The summed E-state index contributed by atoms with van der Waals surface area (Å²) < 4.78 is 12.1. The van der Waals surface area contributed by atoms with Crippen LogP contribution in [0.4, 0.5) is 0 Å². The number of halogens is 1. The van der Waals surface area contributed by atoms with Crippen LogP contribution in [0.5, 0.6) is 11.5 Å². The predicted molar refractivity (Wildman–Crippen MR) is 85.5 cm³/mol. The van der Waals surface area contributed by atoms with Crippen LogP contribution < -0.4 is 14.8 Å². The lowest BCUT2D eigenvalue weighted by Crippen LogP contribution is -2.20. The molecule has 1 aromatic rings. The van der Waals surface area contributed by atoms with Crippen LogP contribution in [0.3, 0.4) is 0 Å². The molecule has 112 valence electrons. The highest BCUT2D eigenvalue weighted by molar-refractivity contribution is 9.10. The van der Waals surface area contributed by atoms with Gasteiger partial charge in [0.1, 0.15) is 0 Å². The zero-order chi connectivity index (χ0) is 14.8. The van der Waals surface area contributed by atoms with Gasteiger partial charge in [-0.1, -0.05) is 20.8 Å². The lowest BCUT2D eigenvalue weighted by Gasteiger charge is -2.14. The number of nitrogens with one attached hydrogen (secondary N) is 1. The van der Waals surface area contributed by atoms with Crippen LogP contribution in [0, 0.1) is 5.41 Å². The molecule has 0 aromatic heterocycles. The van der Waals surface area contributed by atoms with Gasteiger partial charge in [0.2, 0.25) is 0 Å². The van der Waals surface area contributed by atoms with Gasteiger partial charge in [0.05, 0.1) is 18.2 Å². The summed E-state index contributed by atoms with van der Waals surface area (Å²) in [5.74, 6) is 1.59.